The van der Waals surface area contributed by atoms with Gasteiger partial charge in [0.25, 0.3) is 5.56 Å². The van der Waals surface area contributed by atoms with Gasteiger partial charge in [0.1, 0.15) is 5.76 Å². The van der Waals surface area contributed by atoms with E-state index in [1.54, 1.807) is 18.9 Å². The summed E-state index contributed by atoms with van der Waals surface area (Å²) >= 11 is 1.69. The van der Waals surface area contributed by atoms with Gasteiger partial charge in [0, 0.05) is 34.5 Å². The van der Waals surface area contributed by atoms with E-state index in [1.165, 1.54) is 16.7 Å². The molecule has 5 heteroatoms. The van der Waals surface area contributed by atoms with E-state index in [-0.39, 0.29) is 11.5 Å². The summed E-state index contributed by atoms with van der Waals surface area (Å²) in [5, 5.41) is 0.427. The van der Waals surface area contributed by atoms with E-state index in [2.05, 4.69) is 62.1 Å². The van der Waals surface area contributed by atoms with Gasteiger partial charge in [-0.05, 0) is 43.6 Å². The van der Waals surface area contributed by atoms with Crippen molar-refractivity contribution in [3.63, 3.8) is 0 Å². The number of hydrogen-bond acceptors (Lipinski definition) is 4. The summed E-state index contributed by atoms with van der Waals surface area (Å²) in [6, 6.07) is 8.77. The summed E-state index contributed by atoms with van der Waals surface area (Å²) in [4.78, 5) is 18.9. The van der Waals surface area contributed by atoms with Crippen LogP contribution < -0.4 is 5.56 Å². The van der Waals surface area contributed by atoms with Crippen LogP contribution in [-0.2, 0) is 24.1 Å². The van der Waals surface area contributed by atoms with Crippen LogP contribution in [0.5, 0.6) is 0 Å². The summed E-state index contributed by atoms with van der Waals surface area (Å²) in [7, 11) is 5.93. The number of allylic oxidation sites excluding steroid dienone is 1. The molecular weight excluding hydrogens is 368 g/mol. The molecule has 1 aromatic carbocycles. The Bertz CT molecular complexity index is 989. The number of pyridine rings is 1. The normalized spacial score (nSPS) is 21.1. The Kier molecular flexibility index (Phi) is 5.15. The van der Waals surface area contributed by atoms with Crippen LogP contribution in [0.4, 0.5) is 0 Å². The smallest absolute Gasteiger partial charge is 0.262 e. The molecule has 4 nitrogen and oxygen atoms in total. The van der Waals surface area contributed by atoms with Crippen molar-refractivity contribution in [2.45, 2.75) is 43.4 Å². The molecule has 4 rings (SSSR count). The van der Waals surface area contributed by atoms with Gasteiger partial charge in [-0.25, -0.2) is 0 Å². The van der Waals surface area contributed by atoms with E-state index < -0.39 is 0 Å². The second-order valence-electron chi connectivity index (χ2n) is 8.23. The second-order valence-corrected chi connectivity index (χ2v) is 9.68. The zero-order valence-corrected chi connectivity index (χ0v) is 18.1. The second kappa shape index (κ2) is 7.45. The molecule has 2 atom stereocenters. The summed E-state index contributed by atoms with van der Waals surface area (Å²) in [5.41, 5.74) is 7.11. The Morgan fingerprint density at radius 2 is 1.89 bits per heavy atom. The number of fused-ring (bicyclic) bond motifs is 3. The van der Waals surface area contributed by atoms with Crippen LogP contribution in [0.25, 0.3) is 5.57 Å². The molecule has 148 valence electrons. The highest BCUT2D eigenvalue weighted by molar-refractivity contribution is 8.00. The Morgan fingerprint density at radius 1 is 1.18 bits per heavy atom. The van der Waals surface area contributed by atoms with Gasteiger partial charge in [0.05, 0.1) is 12.0 Å². The molecule has 2 aromatic rings. The van der Waals surface area contributed by atoms with Gasteiger partial charge < -0.3 is 14.6 Å². The monoisotopic (exact) mass is 396 g/mol. The predicted molar refractivity (Wildman–Crippen MR) is 116 cm³/mol. The van der Waals surface area contributed by atoms with Crippen LogP contribution in [-0.4, -0.2) is 36.3 Å². The molecule has 0 radical (unpaired) electrons. The van der Waals surface area contributed by atoms with Crippen LogP contribution in [0.2, 0.25) is 0 Å². The molecule has 2 aliphatic rings. The van der Waals surface area contributed by atoms with Crippen molar-refractivity contribution in [3.8, 4) is 0 Å². The van der Waals surface area contributed by atoms with Gasteiger partial charge in [-0.1, -0.05) is 38.1 Å². The maximum absolute atomic E-state index is 12.6. The molecule has 1 aromatic heterocycles. The first-order chi connectivity index (χ1) is 13.4. The SMILES string of the molecule is COC1=C(c2ccc(CN(C)C)cc2)c2c([nH]c(=O)c3c2CC(C)S3)CC1C. The zero-order valence-electron chi connectivity index (χ0n) is 17.3. The lowest BCUT2D eigenvalue weighted by Gasteiger charge is -2.29. The molecular formula is C23H28N2O2S. The molecule has 0 saturated heterocycles. The highest BCUT2D eigenvalue weighted by Gasteiger charge is 2.34. The minimum atomic E-state index is 0.0665. The fourth-order valence-corrected chi connectivity index (χ4v) is 5.63. The summed E-state index contributed by atoms with van der Waals surface area (Å²) in [6.07, 6.45) is 1.74. The Labute approximate surface area is 171 Å². The lowest BCUT2D eigenvalue weighted by Crippen LogP contribution is -2.23. The standard InChI is InChI=1S/C23H28N2O2S/c1-13-10-18-20(17-11-14(2)28-22(17)23(26)24-18)19(21(13)27-5)16-8-6-15(7-9-16)12-25(3)4/h6-9,13-14H,10-12H2,1-5H3,(H,24,26). The molecule has 0 fully saturated rings. The van der Waals surface area contributed by atoms with Crippen LogP contribution in [0, 0.1) is 5.92 Å². The number of nitrogens with one attached hydrogen (secondary N) is 1. The van der Waals surface area contributed by atoms with Gasteiger partial charge in [-0.3, -0.25) is 4.79 Å². The first-order valence-electron chi connectivity index (χ1n) is 9.86. The maximum Gasteiger partial charge on any atom is 0.262 e. The number of nitrogens with zero attached hydrogens (tertiary/aromatic N) is 1. The zero-order chi connectivity index (χ0) is 20.0. The molecule has 1 aliphatic carbocycles. The van der Waals surface area contributed by atoms with Crippen molar-refractivity contribution in [3.05, 3.63) is 68.3 Å². The molecule has 0 bridgehead atoms. The van der Waals surface area contributed by atoms with Gasteiger partial charge >= 0.3 is 0 Å². The van der Waals surface area contributed by atoms with Gasteiger partial charge in [-0.2, -0.15) is 0 Å². The highest BCUT2D eigenvalue weighted by atomic mass is 32.2. The van der Waals surface area contributed by atoms with E-state index in [0.29, 0.717) is 5.25 Å². The van der Waals surface area contributed by atoms with Crippen molar-refractivity contribution in [2.75, 3.05) is 21.2 Å². The van der Waals surface area contributed by atoms with Crippen molar-refractivity contribution >= 4 is 17.3 Å². The number of rotatable bonds is 4. The van der Waals surface area contributed by atoms with Crippen LogP contribution >= 0.6 is 11.8 Å². The van der Waals surface area contributed by atoms with Crippen molar-refractivity contribution in [1.82, 2.24) is 9.88 Å². The fraction of sp³-hybridized carbons (Fsp3) is 0.435. The number of H-pyrrole nitrogens is 1. The van der Waals surface area contributed by atoms with Crippen molar-refractivity contribution < 1.29 is 4.74 Å². The molecule has 2 unspecified atom stereocenters. The number of methoxy groups -OCH3 is 1. The third-order valence-electron chi connectivity index (χ3n) is 5.57. The van der Waals surface area contributed by atoms with Crippen LogP contribution in [0.3, 0.4) is 0 Å². The lowest BCUT2D eigenvalue weighted by atomic mass is 9.80. The van der Waals surface area contributed by atoms with Crippen LogP contribution in [0.15, 0.2) is 39.7 Å². The first-order valence-corrected chi connectivity index (χ1v) is 10.7. The van der Waals surface area contributed by atoms with Crippen molar-refractivity contribution in [1.29, 1.82) is 0 Å². The van der Waals surface area contributed by atoms with Gasteiger partial charge in [-0.15, -0.1) is 11.8 Å². The summed E-state index contributed by atoms with van der Waals surface area (Å²) in [5.74, 6) is 1.25. The average Bonchev–Trinajstić information content (AvgIpc) is 3.03. The van der Waals surface area contributed by atoms with E-state index in [4.69, 9.17) is 4.74 Å². The number of hydrogen-bond donors (Lipinski definition) is 1. The van der Waals surface area contributed by atoms with Gasteiger partial charge in [0.2, 0.25) is 0 Å². The number of aromatic amines is 1. The largest absolute Gasteiger partial charge is 0.500 e. The summed E-state index contributed by atoms with van der Waals surface area (Å²) < 4.78 is 5.91. The third kappa shape index (κ3) is 3.31. The quantitative estimate of drug-likeness (QED) is 0.846. The van der Waals surface area contributed by atoms with Gasteiger partial charge in [0.15, 0.2) is 0 Å². The minimum absolute atomic E-state index is 0.0665. The van der Waals surface area contributed by atoms with Crippen molar-refractivity contribution in [2.24, 2.45) is 5.92 Å². The molecule has 0 amide bonds. The molecule has 28 heavy (non-hydrogen) atoms. The summed E-state index contributed by atoms with van der Waals surface area (Å²) in [6.45, 7) is 5.28. The Hall–Kier alpha value is -1.98. The Balaban J connectivity index is 1.91. The topological polar surface area (TPSA) is 45.3 Å². The number of benzene rings is 1. The molecule has 0 saturated carbocycles. The molecule has 0 spiro atoms. The van der Waals surface area contributed by atoms with E-state index >= 15 is 0 Å². The Morgan fingerprint density at radius 3 is 2.54 bits per heavy atom. The molecule has 1 N–H and O–H groups in total. The lowest BCUT2D eigenvalue weighted by molar-refractivity contribution is 0.246. The minimum Gasteiger partial charge on any atom is -0.500 e. The maximum atomic E-state index is 12.6. The number of ether oxygens (including phenoxy) is 1. The van der Waals surface area contributed by atoms with E-state index in [0.717, 1.165) is 46.9 Å². The molecule has 1 aliphatic heterocycles. The number of thioether (sulfide) groups is 1. The average molecular weight is 397 g/mol. The van der Waals surface area contributed by atoms with E-state index in [1.807, 2.05) is 0 Å². The highest BCUT2D eigenvalue weighted by Crippen LogP contribution is 2.45. The predicted octanol–water partition coefficient (Wildman–Crippen LogP) is 4.07. The fourth-order valence-electron chi connectivity index (χ4n) is 4.49. The van der Waals surface area contributed by atoms with E-state index in [9.17, 15) is 4.79 Å². The molecule has 2 heterocycles. The third-order valence-corrected chi connectivity index (χ3v) is 6.81. The first kappa shape index (κ1) is 19.3. The number of aromatic nitrogens is 1. The van der Waals surface area contributed by atoms with Crippen LogP contribution in [0.1, 0.15) is 41.8 Å².